The fourth-order valence-electron chi connectivity index (χ4n) is 1.85. The van der Waals surface area contributed by atoms with Gasteiger partial charge in [-0.3, -0.25) is 4.79 Å². The van der Waals surface area contributed by atoms with Crippen LogP contribution in [0.15, 0.2) is 42.7 Å². The minimum Gasteiger partial charge on any atom is -0.390 e. The molecule has 3 rings (SSSR count). The van der Waals surface area contributed by atoms with Gasteiger partial charge in [0.05, 0.1) is 5.69 Å². The largest absolute Gasteiger partial charge is 0.490 e. The van der Waals surface area contributed by atoms with Crippen LogP contribution in [0, 0.1) is 10.1 Å². The Morgan fingerprint density at radius 3 is 2.83 bits per heavy atom. The lowest BCUT2D eigenvalue weighted by molar-refractivity contribution is -0.394. The number of carbonyl (C=O) groups excluding carboxylic acids is 1. The summed E-state index contributed by atoms with van der Waals surface area (Å²) in [5, 5.41) is 17.3. The Balaban J connectivity index is 1.64. The van der Waals surface area contributed by atoms with E-state index in [1.54, 1.807) is 6.07 Å². The third-order valence-corrected chi connectivity index (χ3v) is 3.54. The van der Waals surface area contributed by atoms with Crippen LogP contribution in [0.1, 0.15) is 0 Å². The lowest BCUT2D eigenvalue weighted by atomic mass is 10.2. The number of aromatic nitrogens is 4. The van der Waals surface area contributed by atoms with Gasteiger partial charge < -0.3 is 15.4 Å². The molecule has 0 aliphatic rings. The number of nitrogens with one attached hydrogen (secondary N) is 1. The summed E-state index contributed by atoms with van der Waals surface area (Å²) in [5.74, 6) is -0.907. The Morgan fingerprint density at radius 1 is 1.35 bits per heavy atom. The van der Waals surface area contributed by atoms with Crippen molar-refractivity contribution in [2.75, 3.05) is 5.32 Å². The first-order valence-electron chi connectivity index (χ1n) is 6.47. The molecule has 3 aromatic rings. The summed E-state index contributed by atoms with van der Waals surface area (Å²) in [7, 11) is 0. The van der Waals surface area contributed by atoms with E-state index in [1.807, 2.05) is 30.3 Å². The highest BCUT2D eigenvalue weighted by Crippen LogP contribution is 2.25. The number of amides is 1. The maximum absolute atomic E-state index is 11.9. The Morgan fingerprint density at radius 2 is 2.13 bits per heavy atom. The van der Waals surface area contributed by atoms with Gasteiger partial charge in [0, 0.05) is 16.7 Å². The van der Waals surface area contributed by atoms with Crippen molar-refractivity contribution in [2.24, 2.45) is 0 Å². The van der Waals surface area contributed by atoms with Crippen molar-refractivity contribution < 1.29 is 9.72 Å². The number of benzene rings is 1. The minimum atomic E-state index is -0.719. The van der Waals surface area contributed by atoms with Gasteiger partial charge in [-0.2, -0.15) is 9.06 Å². The van der Waals surface area contributed by atoms with E-state index in [-0.39, 0.29) is 12.5 Å². The first-order chi connectivity index (χ1) is 11.1. The van der Waals surface area contributed by atoms with Crippen molar-refractivity contribution in [3.8, 4) is 11.3 Å². The van der Waals surface area contributed by atoms with Crippen molar-refractivity contribution in [3.63, 3.8) is 0 Å². The van der Waals surface area contributed by atoms with Crippen LogP contribution in [-0.4, -0.2) is 30.0 Å². The standard InChI is InChI=1S/C13H10N6O3S/c20-11(7-18-8-14-13(16-18)19(21)22)15-12-6-10(17-23-12)9-4-2-1-3-5-9/h1-6,8H,7H2,(H,15,20). The average Bonchev–Trinajstić information content (AvgIpc) is 3.18. The lowest BCUT2D eigenvalue weighted by Gasteiger charge is -1.99. The molecule has 9 nitrogen and oxygen atoms in total. The van der Waals surface area contributed by atoms with Gasteiger partial charge in [0.1, 0.15) is 11.5 Å². The summed E-state index contributed by atoms with van der Waals surface area (Å²) in [5.41, 5.74) is 1.72. The second-order valence-corrected chi connectivity index (χ2v) is 5.29. The van der Waals surface area contributed by atoms with Crippen LogP contribution in [0.25, 0.3) is 11.3 Å². The van der Waals surface area contributed by atoms with Crippen LogP contribution in [0.2, 0.25) is 0 Å². The van der Waals surface area contributed by atoms with E-state index in [1.165, 1.54) is 0 Å². The normalized spacial score (nSPS) is 10.4. The number of anilines is 1. The number of hydrogen-bond donors (Lipinski definition) is 1. The zero-order valence-corrected chi connectivity index (χ0v) is 12.4. The van der Waals surface area contributed by atoms with Crippen molar-refractivity contribution >= 4 is 28.4 Å². The molecule has 1 N–H and O–H groups in total. The molecule has 23 heavy (non-hydrogen) atoms. The summed E-state index contributed by atoms with van der Waals surface area (Å²) < 4.78 is 5.38. The molecular weight excluding hydrogens is 320 g/mol. The lowest BCUT2D eigenvalue weighted by Crippen LogP contribution is -2.18. The van der Waals surface area contributed by atoms with Gasteiger partial charge in [0.2, 0.25) is 12.2 Å². The molecule has 2 aromatic heterocycles. The van der Waals surface area contributed by atoms with Crippen molar-refractivity contribution in [1.29, 1.82) is 0 Å². The molecule has 0 aliphatic heterocycles. The first kappa shape index (κ1) is 14.8. The minimum absolute atomic E-state index is 0.167. The zero-order valence-electron chi connectivity index (χ0n) is 11.6. The third-order valence-electron chi connectivity index (χ3n) is 2.84. The summed E-state index contributed by atoms with van der Waals surface area (Å²) in [6.45, 7) is -0.167. The Bertz CT molecular complexity index is 844. The van der Waals surface area contributed by atoms with E-state index in [2.05, 4.69) is 19.8 Å². The maximum atomic E-state index is 11.9. The highest BCUT2D eigenvalue weighted by molar-refractivity contribution is 7.10. The molecule has 0 radical (unpaired) electrons. The quantitative estimate of drug-likeness (QED) is 0.564. The topological polar surface area (TPSA) is 116 Å². The average molecular weight is 330 g/mol. The molecule has 1 aromatic carbocycles. The van der Waals surface area contributed by atoms with E-state index in [0.717, 1.165) is 33.8 Å². The predicted molar refractivity (Wildman–Crippen MR) is 82.9 cm³/mol. The zero-order chi connectivity index (χ0) is 16.2. The predicted octanol–water partition coefficient (Wildman–Crippen LogP) is 1.95. The van der Waals surface area contributed by atoms with Crippen LogP contribution < -0.4 is 5.32 Å². The smallest absolute Gasteiger partial charge is 0.390 e. The summed E-state index contributed by atoms with van der Waals surface area (Å²) in [4.78, 5) is 25.2. The fourth-order valence-corrected chi connectivity index (χ4v) is 2.53. The van der Waals surface area contributed by atoms with Crippen LogP contribution in [0.5, 0.6) is 0 Å². The highest BCUT2D eigenvalue weighted by Gasteiger charge is 2.16. The van der Waals surface area contributed by atoms with E-state index in [4.69, 9.17) is 0 Å². The van der Waals surface area contributed by atoms with Gasteiger partial charge in [0.15, 0.2) is 0 Å². The molecule has 10 heteroatoms. The van der Waals surface area contributed by atoms with E-state index >= 15 is 0 Å². The van der Waals surface area contributed by atoms with E-state index in [9.17, 15) is 14.9 Å². The molecule has 0 bridgehead atoms. The van der Waals surface area contributed by atoms with Crippen molar-refractivity contribution in [2.45, 2.75) is 6.54 Å². The fraction of sp³-hybridized carbons (Fsp3) is 0.0769. The Labute approximate surface area is 133 Å². The van der Waals surface area contributed by atoms with Gasteiger partial charge >= 0.3 is 5.95 Å². The molecule has 0 saturated carbocycles. The molecule has 2 heterocycles. The number of nitrogens with zero attached hydrogens (tertiary/aromatic N) is 5. The van der Waals surface area contributed by atoms with Crippen molar-refractivity contribution in [1.82, 2.24) is 19.1 Å². The van der Waals surface area contributed by atoms with Crippen LogP contribution in [0.3, 0.4) is 0 Å². The third kappa shape index (κ3) is 3.55. The molecule has 0 atom stereocenters. The summed E-state index contributed by atoms with van der Waals surface area (Å²) in [6, 6.07) is 11.3. The molecular formula is C13H10N6O3S. The van der Waals surface area contributed by atoms with Gasteiger partial charge in [-0.1, -0.05) is 35.3 Å². The van der Waals surface area contributed by atoms with Gasteiger partial charge in [-0.05, 0) is 16.5 Å². The molecule has 0 aliphatic carbocycles. The van der Waals surface area contributed by atoms with Gasteiger partial charge in [0.25, 0.3) is 0 Å². The van der Waals surface area contributed by atoms with Gasteiger partial charge in [-0.25, -0.2) is 0 Å². The maximum Gasteiger partial charge on any atom is 0.490 e. The number of nitro groups is 1. The Kier molecular flexibility index (Phi) is 4.06. The first-order valence-corrected chi connectivity index (χ1v) is 7.25. The van der Waals surface area contributed by atoms with Crippen molar-refractivity contribution in [3.05, 3.63) is 52.8 Å². The molecule has 116 valence electrons. The molecule has 1 amide bonds. The second kappa shape index (κ2) is 6.32. The SMILES string of the molecule is O=C(Cn1cnc([N+](=O)[O-])n1)Nc1cc(-c2ccccc2)ns1. The van der Waals surface area contributed by atoms with Crippen LogP contribution in [-0.2, 0) is 11.3 Å². The number of hydrogen-bond acceptors (Lipinski definition) is 7. The molecule has 0 fully saturated rings. The second-order valence-electron chi connectivity index (χ2n) is 4.49. The van der Waals surface area contributed by atoms with E-state index in [0.29, 0.717) is 5.00 Å². The monoisotopic (exact) mass is 330 g/mol. The van der Waals surface area contributed by atoms with Crippen LogP contribution >= 0.6 is 11.5 Å². The summed E-state index contributed by atoms with van der Waals surface area (Å²) in [6.07, 6.45) is 1.14. The van der Waals surface area contributed by atoms with E-state index < -0.39 is 10.9 Å². The molecule has 0 saturated heterocycles. The van der Waals surface area contributed by atoms with Crippen LogP contribution in [0.4, 0.5) is 10.9 Å². The number of rotatable bonds is 5. The van der Waals surface area contributed by atoms with Gasteiger partial charge in [-0.15, -0.1) is 0 Å². The number of carbonyl (C=O) groups is 1. The highest BCUT2D eigenvalue weighted by atomic mass is 32.1. The molecule has 0 unspecified atom stereocenters. The Hall–Kier alpha value is -3.14. The molecule has 0 spiro atoms. The summed E-state index contributed by atoms with van der Waals surface area (Å²) >= 11 is 1.16.